The molecule has 0 saturated carbocycles. The number of rotatable bonds is 5. The van der Waals surface area contributed by atoms with Crippen molar-refractivity contribution in [3.63, 3.8) is 0 Å². The molecule has 0 radical (unpaired) electrons. The molecule has 0 saturated heterocycles. The molecule has 6 nitrogen and oxygen atoms in total. The second-order valence-corrected chi connectivity index (χ2v) is 9.41. The van der Waals surface area contributed by atoms with Gasteiger partial charge in [0.15, 0.2) is 0 Å². The zero-order chi connectivity index (χ0) is 20.7. The fourth-order valence-electron chi connectivity index (χ4n) is 3.59. The van der Waals surface area contributed by atoms with Gasteiger partial charge in [-0.3, -0.25) is 0 Å². The van der Waals surface area contributed by atoms with Crippen molar-refractivity contribution in [2.24, 2.45) is 0 Å². The van der Waals surface area contributed by atoms with Gasteiger partial charge in [0.25, 0.3) is 0 Å². The highest BCUT2D eigenvalue weighted by Gasteiger charge is 2.36. The van der Waals surface area contributed by atoms with Gasteiger partial charge in [-0.05, 0) is 69.2 Å². The van der Waals surface area contributed by atoms with Crippen LogP contribution in [0.25, 0.3) is 0 Å². The number of ether oxygens (including phenoxy) is 3. The van der Waals surface area contributed by atoms with Crippen LogP contribution in [-0.2, 0) is 10.0 Å². The van der Waals surface area contributed by atoms with Crippen molar-refractivity contribution in [3.05, 3.63) is 47.0 Å². The van der Waals surface area contributed by atoms with Crippen LogP contribution in [0.3, 0.4) is 0 Å². The number of fused-ring (bicyclic) bond motifs is 1. The summed E-state index contributed by atoms with van der Waals surface area (Å²) in [6.45, 7) is 7.49. The van der Waals surface area contributed by atoms with Crippen molar-refractivity contribution in [2.75, 3.05) is 14.2 Å². The summed E-state index contributed by atoms with van der Waals surface area (Å²) < 4.78 is 46.0. The highest BCUT2D eigenvalue weighted by molar-refractivity contribution is 7.89. The molecular weight excluding hydrogens is 378 g/mol. The van der Waals surface area contributed by atoms with Crippen LogP contribution in [0, 0.1) is 13.8 Å². The van der Waals surface area contributed by atoms with E-state index in [4.69, 9.17) is 14.2 Å². The zero-order valence-corrected chi connectivity index (χ0v) is 17.9. The molecule has 28 heavy (non-hydrogen) atoms. The van der Waals surface area contributed by atoms with Gasteiger partial charge in [-0.15, -0.1) is 0 Å². The Morgan fingerprint density at radius 3 is 2.43 bits per heavy atom. The minimum Gasteiger partial charge on any atom is -0.497 e. The number of benzene rings is 2. The Bertz CT molecular complexity index is 998. The smallest absolute Gasteiger partial charge is 0.241 e. The van der Waals surface area contributed by atoms with Crippen molar-refractivity contribution in [1.29, 1.82) is 0 Å². The predicted octanol–water partition coefficient (Wildman–Crippen LogP) is 3.90. The number of hydrogen-bond donors (Lipinski definition) is 1. The third-order valence-corrected chi connectivity index (χ3v) is 6.57. The van der Waals surface area contributed by atoms with Crippen LogP contribution in [0.1, 0.15) is 43.0 Å². The van der Waals surface area contributed by atoms with Gasteiger partial charge in [0, 0.05) is 12.0 Å². The van der Waals surface area contributed by atoms with Crippen LogP contribution in [0.15, 0.2) is 35.2 Å². The van der Waals surface area contributed by atoms with Crippen molar-refractivity contribution < 1.29 is 22.6 Å². The number of sulfonamides is 1. The monoisotopic (exact) mass is 405 g/mol. The van der Waals surface area contributed by atoms with Gasteiger partial charge in [-0.2, -0.15) is 0 Å². The summed E-state index contributed by atoms with van der Waals surface area (Å²) in [5.41, 5.74) is 1.67. The summed E-state index contributed by atoms with van der Waals surface area (Å²) in [6.07, 6.45) is 0.501. The average Bonchev–Trinajstić information content (AvgIpc) is 2.61. The second-order valence-electron chi connectivity index (χ2n) is 7.73. The van der Waals surface area contributed by atoms with Crippen LogP contribution in [0.5, 0.6) is 17.2 Å². The summed E-state index contributed by atoms with van der Waals surface area (Å²) in [4.78, 5) is 0.250. The van der Waals surface area contributed by atoms with Gasteiger partial charge in [0.1, 0.15) is 22.8 Å². The van der Waals surface area contributed by atoms with Gasteiger partial charge in [-0.25, -0.2) is 13.1 Å². The van der Waals surface area contributed by atoms with Crippen LogP contribution < -0.4 is 18.9 Å². The Balaban J connectivity index is 2.02. The second kappa shape index (κ2) is 7.29. The van der Waals surface area contributed by atoms with Gasteiger partial charge < -0.3 is 14.2 Å². The molecule has 1 aliphatic rings. The fraction of sp³-hybridized carbons (Fsp3) is 0.429. The van der Waals surface area contributed by atoms with E-state index < -0.39 is 21.7 Å². The number of methoxy groups -OCH3 is 2. The maximum absolute atomic E-state index is 13.2. The normalized spacial score (nSPS) is 18.1. The lowest BCUT2D eigenvalue weighted by Crippen LogP contribution is -2.41. The van der Waals surface area contributed by atoms with Crippen molar-refractivity contribution in [2.45, 2.75) is 50.7 Å². The average molecular weight is 406 g/mol. The van der Waals surface area contributed by atoms with Gasteiger partial charge >= 0.3 is 0 Å². The maximum Gasteiger partial charge on any atom is 0.241 e. The first kappa shape index (κ1) is 20.5. The van der Waals surface area contributed by atoms with E-state index >= 15 is 0 Å². The Morgan fingerprint density at radius 2 is 1.79 bits per heavy atom. The number of hydrogen-bond acceptors (Lipinski definition) is 5. The Morgan fingerprint density at radius 1 is 1.07 bits per heavy atom. The van der Waals surface area contributed by atoms with Crippen molar-refractivity contribution >= 4 is 10.0 Å². The first-order chi connectivity index (χ1) is 13.1. The summed E-state index contributed by atoms with van der Waals surface area (Å²) in [5, 5.41) is 0. The van der Waals surface area contributed by atoms with Crippen molar-refractivity contribution in [3.8, 4) is 17.2 Å². The quantitative estimate of drug-likeness (QED) is 0.817. The molecule has 1 atom stereocenters. The van der Waals surface area contributed by atoms with Crippen LogP contribution in [0.4, 0.5) is 0 Å². The maximum atomic E-state index is 13.2. The molecule has 0 aromatic heterocycles. The molecule has 7 heteroatoms. The van der Waals surface area contributed by atoms with Crippen LogP contribution in [0.2, 0.25) is 0 Å². The van der Waals surface area contributed by atoms with Gasteiger partial charge in [0.2, 0.25) is 10.0 Å². The minimum absolute atomic E-state index is 0.250. The third-order valence-electron chi connectivity index (χ3n) is 4.95. The zero-order valence-electron chi connectivity index (χ0n) is 17.1. The highest BCUT2D eigenvalue weighted by Crippen LogP contribution is 2.42. The van der Waals surface area contributed by atoms with E-state index in [9.17, 15) is 8.42 Å². The SMILES string of the molecule is COc1ccc2c(c1)C(NS(=O)(=O)c1cc(C)c(OC)cc1C)CC(C)(C)O2. The molecule has 1 aliphatic heterocycles. The lowest BCUT2D eigenvalue weighted by Gasteiger charge is -2.38. The topological polar surface area (TPSA) is 73.9 Å². The largest absolute Gasteiger partial charge is 0.497 e. The van der Waals surface area contributed by atoms with E-state index in [1.165, 1.54) is 0 Å². The molecule has 0 fully saturated rings. The molecule has 0 bridgehead atoms. The lowest BCUT2D eigenvalue weighted by molar-refractivity contribution is 0.0700. The molecular formula is C21H27NO5S. The Hall–Kier alpha value is -2.25. The molecule has 152 valence electrons. The summed E-state index contributed by atoms with van der Waals surface area (Å²) in [6, 6.07) is 8.41. The number of aryl methyl sites for hydroxylation is 2. The molecule has 3 rings (SSSR count). The first-order valence-electron chi connectivity index (χ1n) is 9.11. The predicted molar refractivity (Wildman–Crippen MR) is 108 cm³/mol. The summed E-state index contributed by atoms with van der Waals surface area (Å²) >= 11 is 0. The summed E-state index contributed by atoms with van der Waals surface area (Å²) in [5.74, 6) is 1.98. The molecule has 1 heterocycles. The molecule has 0 aliphatic carbocycles. The molecule has 0 spiro atoms. The van der Waals surface area contributed by atoms with E-state index in [1.807, 2.05) is 39.0 Å². The Labute approximate surface area is 166 Å². The van der Waals surface area contributed by atoms with E-state index in [-0.39, 0.29) is 4.90 Å². The van der Waals surface area contributed by atoms with E-state index in [1.54, 1.807) is 33.3 Å². The molecule has 1 unspecified atom stereocenters. The summed E-state index contributed by atoms with van der Waals surface area (Å²) in [7, 11) is -0.599. The third kappa shape index (κ3) is 3.95. The standard InChI is InChI=1S/C21H27NO5S/c1-13-10-20(14(2)9-19(13)26-6)28(23,24)22-17-12-21(3,4)27-18-8-7-15(25-5)11-16(17)18/h7-11,17,22H,12H2,1-6H3. The molecule has 2 aromatic rings. The molecule has 1 N–H and O–H groups in total. The minimum atomic E-state index is -3.75. The first-order valence-corrected chi connectivity index (χ1v) is 10.6. The molecule has 0 amide bonds. The number of nitrogens with one attached hydrogen (secondary N) is 1. The van der Waals surface area contributed by atoms with Gasteiger partial charge in [-0.1, -0.05) is 0 Å². The van der Waals surface area contributed by atoms with Gasteiger partial charge in [0.05, 0.1) is 25.2 Å². The fourth-order valence-corrected chi connectivity index (χ4v) is 5.11. The van der Waals surface area contributed by atoms with E-state index in [2.05, 4.69) is 4.72 Å². The molecule has 2 aromatic carbocycles. The van der Waals surface area contributed by atoms with Crippen LogP contribution >= 0.6 is 0 Å². The van der Waals surface area contributed by atoms with Crippen molar-refractivity contribution in [1.82, 2.24) is 4.72 Å². The van der Waals surface area contributed by atoms with Crippen LogP contribution in [-0.4, -0.2) is 28.2 Å². The van der Waals surface area contributed by atoms with E-state index in [0.717, 1.165) is 11.1 Å². The lowest BCUT2D eigenvalue weighted by atomic mass is 9.90. The van der Waals surface area contributed by atoms with E-state index in [0.29, 0.717) is 29.2 Å². The highest BCUT2D eigenvalue weighted by atomic mass is 32.2. The Kier molecular flexibility index (Phi) is 5.34.